The molecule has 5 nitrogen and oxygen atoms in total. The van der Waals surface area contributed by atoms with Gasteiger partial charge in [0.1, 0.15) is 17.7 Å². The number of imidazole rings is 1. The maximum atomic E-state index is 13.0. The normalized spacial score (nSPS) is 20.7. The molecule has 0 unspecified atom stereocenters. The summed E-state index contributed by atoms with van der Waals surface area (Å²) in [5.41, 5.74) is 2.36. The lowest BCUT2D eigenvalue weighted by molar-refractivity contribution is -0.135. The number of carbonyl (C=O) groups is 1. The number of amides is 1. The second-order valence-corrected chi connectivity index (χ2v) is 7.54. The van der Waals surface area contributed by atoms with Crippen molar-refractivity contribution < 1.29 is 9.53 Å². The van der Waals surface area contributed by atoms with Crippen molar-refractivity contribution in [1.82, 2.24) is 14.5 Å². The highest BCUT2D eigenvalue weighted by Gasteiger charge is 2.33. The number of benzene rings is 1. The summed E-state index contributed by atoms with van der Waals surface area (Å²) in [6.07, 6.45) is 7.72. The number of carbonyl (C=O) groups excluding carboxylic acids is 1. The first-order valence-electron chi connectivity index (χ1n) is 9.66. The van der Waals surface area contributed by atoms with Gasteiger partial charge in [-0.05, 0) is 37.8 Å². The summed E-state index contributed by atoms with van der Waals surface area (Å²) in [6.45, 7) is 6.69. The monoisotopic (exact) mass is 353 g/mol. The van der Waals surface area contributed by atoms with Gasteiger partial charge in [-0.15, -0.1) is 0 Å². The van der Waals surface area contributed by atoms with Gasteiger partial charge in [-0.2, -0.15) is 0 Å². The molecular weight excluding hydrogens is 326 g/mol. The third kappa shape index (κ3) is 3.22. The Labute approximate surface area is 155 Å². The second kappa shape index (κ2) is 7.14. The molecule has 2 aliphatic heterocycles. The van der Waals surface area contributed by atoms with Crippen LogP contribution in [0.15, 0.2) is 30.6 Å². The number of ether oxygens (including phenoxy) is 1. The van der Waals surface area contributed by atoms with Crippen molar-refractivity contribution in [2.24, 2.45) is 0 Å². The Morgan fingerprint density at radius 2 is 1.85 bits per heavy atom. The fourth-order valence-corrected chi connectivity index (χ4v) is 4.21. The molecule has 4 rings (SSSR count). The highest BCUT2D eigenvalue weighted by molar-refractivity contribution is 5.83. The van der Waals surface area contributed by atoms with E-state index in [4.69, 9.17) is 4.74 Å². The van der Waals surface area contributed by atoms with E-state index in [1.54, 1.807) is 0 Å². The number of fused-ring (bicyclic) bond motifs is 1. The summed E-state index contributed by atoms with van der Waals surface area (Å²) in [7, 11) is 0. The van der Waals surface area contributed by atoms with Crippen molar-refractivity contribution >= 4 is 5.91 Å². The summed E-state index contributed by atoms with van der Waals surface area (Å²) in [5.74, 6) is 2.11. The summed E-state index contributed by atoms with van der Waals surface area (Å²) in [6, 6.07) is 6.24. The molecule has 5 heteroatoms. The molecule has 1 aromatic heterocycles. The highest BCUT2D eigenvalue weighted by Crippen LogP contribution is 2.30. The van der Waals surface area contributed by atoms with Crippen LogP contribution in [-0.4, -0.2) is 39.6 Å². The Kier molecular flexibility index (Phi) is 4.70. The van der Waals surface area contributed by atoms with Crippen LogP contribution in [0, 0.1) is 13.8 Å². The lowest BCUT2D eigenvalue weighted by Gasteiger charge is -2.35. The molecule has 0 N–H and O–H groups in total. The third-order valence-electron chi connectivity index (χ3n) is 5.70. The molecule has 1 saturated heterocycles. The van der Waals surface area contributed by atoms with Crippen LogP contribution < -0.4 is 4.74 Å². The number of hydrogen-bond donors (Lipinski definition) is 0. The SMILES string of the molecule is Cc1cccc(C)c1OC1CCN(C(=O)[C@H]2CCCn3ccnc32)CC1. The number of aryl methyl sites for hydroxylation is 3. The zero-order chi connectivity index (χ0) is 18.1. The van der Waals surface area contributed by atoms with Gasteiger partial charge >= 0.3 is 0 Å². The number of likely N-dealkylation sites (tertiary alicyclic amines) is 1. The standard InChI is InChI=1S/C21H27N3O2/c1-15-5-3-6-16(2)19(15)26-17-8-12-24(13-9-17)21(25)18-7-4-11-23-14-10-22-20(18)23/h3,5-6,10,14,17-18H,4,7-9,11-13H2,1-2H3/t18-/m0/s1. The quantitative estimate of drug-likeness (QED) is 0.849. The summed E-state index contributed by atoms with van der Waals surface area (Å²) in [4.78, 5) is 19.5. The summed E-state index contributed by atoms with van der Waals surface area (Å²) < 4.78 is 8.41. The minimum Gasteiger partial charge on any atom is -0.490 e. The number of para-hydroxylation sites is 1. The van der Waals surface area contributed by atoms with Crippen LogP contribution in [0.25, 0.3) is 0 Å². The average molecular weight is 353 g/mol. The van der Waals surface area contributed by atoms with E-state index in [1.165, 1.54) is 11.1 Å². The van der Waals surface area contributed by atoms with Gasteiger partial charge in [-0.1, -0.05) is 18.2 Å². The van der Waals surface area contributed by atoms with E-state index in [0.717, 1.165) is 56.9 Å². The molecule has 2 aliphatic rings. The van der Waals surface area contributed by atoms with Crippen LogP contribution in [0.1, 0.15) is 48.6 Å². The van der Waals surface area contributed by atoms with E-state index >= 15 is 0 Å². The maximum Gasteiger partial charge on any atom is 0.233 e. The molecular formula is C21H27N3O2. The molecule has 0 aliphatic carbocycles. The first kappa shape index (κ1) is 17.1. The van der Waals surface area contributed by atoms with Crippen molar-refractivity contribution in [3.63, 3.8) is 0 Å². The predicted molar refractivity (Wildman–Crippen MR) is 100 cm³/mol. The van der Waals surface area contributed by atoms with E-state index in [1.807, 2.05) is 17.3 Å². The van der Waals surface area contributed by atoms with Crippen molar-refractivity contribution in [2.75, 3.05) is 13.1 Å². The molecule has 0 bridgehead atoms. The topological polar surface area (TPSA) is 47.4 Å². The number of aromatic nitrogens is 2. The molecule has 1 atom stereocenters. The molecule has 26 heavy (non-hydrogen) atoms. The molecule has 0 spiro atoms. The van der Waals surface area contributed by atoms with Crippen LogP contribution in [0.2, 0.25) is 0 Å². The Morgan fingerprint density at radius 3 is 2.58 bits per heavy atom. The van der Waals surface area contributed by atoms with E-state index in [9.17, 15) is 4.79 Å². The minimum atomic E-state index is -0.0742. The molecule has 0 saturated carbocycles. The highest BCUT2D eigenvalue weighted by atomic mass is 16.5. The largest absolute Gasteiger partial charge is 0.490 e. The van der Waals surface area contributed by atoms with Crippen LogP contribution in [0.4, 0.5) is 0 Å². The number of rotatable bonds is 3. The van der Waals surface area contributed by atoms with E-state index < -0.39 is 0 Å². The fourth-order valence-electron chi connectivity index (χ4n) is 4.21. The minimum absolute atomic E-state index is 0.0742. The second-order valence-electron chi connectivity index (χ2n) is 7.54. The number of piperidine rings is 1. The van der Waals surface area contributed by atoms with E-state index in [2.05, 4.69) is 41.6 Å². The lowest BCUT2D eigenvalue weighted by Crippen LogP contribution is -2.44. The first-order chi connectivity index (χ1) is 12.6. The lowest BCUT2D eigenvalue weighted by atomic mass is 9.96. The predicted octanol–water partition coefficient (Wildman–Crippen LogP) is 3.45. The van der Waals surface area contributed by atoms with Crippen molar-refractivity contribution in [3.8, 4) is 5.75 Å². The zero-order valence-electron chi connectivity index (χ0n) is 15.6. The Balaban J connectivity index is 1.38. The van der Waals surface area contributed by atoms with Crippen LogP contribution in [-0.2, 0) is 11.3 Å². The van der Waals surface area contributed by atoms with Crippen LogP contribution in [0.5, 0.6) is 5.75 Å². The van der Waals surface area contributed by atoms with Gasteiger partial charge in [-0.3, -0.25) is 4.79 Å². The Morgan fingerprint density at radius 1 is 1.12 bits per heavy atom. The number of nitrogens with zero attached hydrogens (tertiary/aromatic N) is 3. The zero-order valence-corrected chi connectivity index (χ0v) is 15.6. The van der Waals surface area contributed by atoms with Gasteiger partial charge < -0.3 is 14.2 Å². The summed E-state index contributed by atoms with van der Waals surface area (Å²) >= 11 is 0. The van der Waals surface area contributed by atoms with Crippen LogP contribution >= 0.6 is 0 Å². The van der Waals surface area contributed by atoms with E-state index in [-0.39, 0.29) is 17.9 Å². The van der Waals surface area contributed by atoms with Crippen molar-refractivity contribution in [1.29, 1.82) is 0 Å². The molecule has 138 valence electrons. The van der Waals surface area contributed by atoms with Crippen LogP contribution in [0.3, 0.4) is 0 Å². The van der Waals surface area contributed by atoms with E-state index in [0.29, 0.717) is 0 Å². The van der Waals surface area contributed by atoms with Crippen molar-refractivity contribution in [2.45, 2.75) is 58.1 Å². The molecule has 2 aromatic rings. The van der Waals surface area contributed by atoms with Crippen molar-refractivity contribution in [3.05, 3.63) is 47.5 Å². The average Bonchev–Trinajstić information content (AvgIpc) is 3.14. The van der Waals surface area contributed by atoms with Gasteiger partial charge in [0.05, 0.1) is 5.92 Å². The van der Waals surface area contributed by atoms with Gasteiger partial charge in [0.15, 0.2) is 0 Å². The Bertz CT molecular complexity index is 770. The van der Waals surface area contributed by atoms with Gasteiger partial charge in [0, 0.05) is 44.9 Å². The van der Waals surface area contributed by atoms with Gasteiger partial charge in [0.25, 0.3) is 0 Å². The number of hydrogen-bond acceptors (Lipinski definition) is 3. The molecule has 1 fully saturated rings. The Hall–Kier alpha value is -2.30. The summed E-state index contributed by atoms with van der Waals surface area (Å²) in [5, 5.41) is 0. The molecule has 1 aromatic carbocycles. The maximum absolute atomic E-state index is 13.0. The molecule has 0 radical (unpaired) electrons. The molecule has 3 heterocycles. The smallest absolute Gasteiger partial charge is 0.233 e. The fraction of sp³-hybridized carbons (Fsp3) is 0.524. The van der Waals surface area contributed by atoms with Gasteiger partial charge in [-0.25, -0.2) is 4.98 Å². The third-order valence-corrected chi connectivity index (χ3v) is 5.70. The van der Waals surface area contributed by atoms with Gasteiger partial charge in [0.2, 0.25) is 5.91 Å². The molecule has 1 amide bonds. The first-order valence-corrected chi connectivity index (χ1v) is 9.66.